The fourth-order valence-electron chi connectivity index (χ4n) is 2.53. The molecule has 2 unspecified atom stereocenters. The molecule has 1 aliphatic rings. The second-order valence-corrected chi connectivity index (χ2v) is 5.85. The van der Waals surface area contributed by atoms with Gasteiger partial charge in [0.15, 0.2) is 0 Å². The maximum Gasteiger partial charge on any atom is 0.255 e. The summed E-state index contributed by atoms with van der Waals surface area (Å²) in [7, 11) is 0. The normalized spacial score (nSPS) is 22.8. The number of piperidine rings is 1. The number of carbonyl (C=O) groups excluding carboxylic acids is 1. The van der Waals surface area contributed by atoms with Crippen LogP contribution >= 0.6 is 28.3 Å². The summed E-state index contributed by atoms with van der Waals surface area (Å²) < 4.78 is 0.851. The minimum absolute atomic E-state index is 0. The Balaban J connectivity index is 0.00000180. The Labute approximate surface area is 129 Å². The Morgan fingerprint density at radius 1 is 1.47 bits per heavy atom. The van der Waals surface area contributed by atoms with Crippen molar-refractivity contribution in [3.63, 3.8) is 0 Å². The van der Waals surface area contributed by atoms with Crippen LogP contribution in [-0.2, 0) is 0 Å². The van der Waals surface area contributed by atoms with E-state index in [9.17, 15) is 4.79 Å². The van der Waals surface area contributed by atoms with Crippen LogP contribution in [0.15, 0.2) is 28.7 Å². The van der Waals surface area contributed by atoms with Crippen LogP contribution in [0.25, 0.3) is 0 Å². The molecule has 2 N–H and O–H groups in total. The van der Waals surface area contributed by atoms with E-state index in [2.05, 4.69) is 22.9 Å². The minimum Gasteiger partial charge on any atom is -0.334 e. The zero-order valence-electron chi connectivity index (χ0n) is 11.0. The molecular weight excluding hydrogens is 328 g/mol. The number of benzene rings is 1. The van der Waals surface area contributed by atoms with E-state index in [4.69, 9.17) is 5.73 Å². The van der Waals surface area contributed by atoms with Crippen LogP contribution in [0.3, 0.4) is 0 Å². The average molecular weight is 348 g/mol. The van der Waals surface area contributed by atoms with E-state index in [1.165, 1.54) is 0 Å². The van der Waals surface area contributed by atoms with Gasteiger partial charge in [-0.1, -0.05) is 19.1 Å². The van der Waals surface area contributed by atoms with E-state index in [1.807, 2.05) is 29.2 Å². The van der Waals surface area contributed by atoms with Crippen molar-refractivity contribution in [1.82, 2.24) is 4.90 Å². The van der Waals surface area contributed by atoms with Crippen LogP contribution in [0, 0.1) is 5.92 Å². The Morgan fingerprint density at radius 3 is 2.79 bits per heavy atom. The van der Waals surface area contributed by atoms with E-state index in [0.29, 0.717) is 12.5 Å². The van der Waals surface area contributed by atoms with Gasteiger partial charge in [-0.15, -0.1) is 12.4 Å². The molecule has 106 valence electrons. The van der Waals surface area contributed by atoms with Gasteiger partial charge in [-0.2, -0.15) is 0 Å². The summed E-state index contributed by atoms with van der Waals surface area (Å²) in [6.07, 6.45) is 2.07. The Kier molecular flexibility index (Phi) is 6.30. The molecule has 1 aliphatic heterocycles. The first-order valence-corrected chi connectivity index (χ1v) is 7.18. The summed E-state index contributed by atoms with van der Waals surface area (Å²) in [5.41, 5.74) is 6.53. The van der Waals surface area contributed by atoms with Gasteiger partial charge in [0.25, 0.3) is 5.91 Å². The Bertz CT molecular complexity index is 441. The molecule has 1 fully saturated rings. The van der Waals surface area contributed by atoms with Crippen molar-refractivity contribution in [3.05, 3.63) is 34.3 Å². The predicted molar refractivity (Wildman–Crippen MR) is 83.7 cm³/mol. The Hall–Kier alpha value is -0.580. The van der Waals surface area contributed by atoms with E-state index in [1.54, 1.807) is 0 Å². The van der Waals surface area contributed by atoms with Crippen LogP contribution in [0.4, 0.5) is 0 Å². The molecule has 0 bridgehead atoms. The summed E-state index contributed by atoms with van der Waals surface area (Å²) in [6, 6.07) is 7.74. The van der Waals surface area contributed by atoms with Gasteiger partial charge in [-0.3, -0.25) is 4.79 Å². The molecule has 1 aromatic carbocycles. The van der Waals surface area contributed by atoms with Gasteiger partial charge in [0.1, 0.15) is 0 Å². The average Bonchev–Trinajstić information content (AvgIpc) is 2.38. The number of hydrogen-bond acceptors (Lipinski definition) is 2. The van der Waals surface area contributed by atoms with Crippen molar-refractivity contribution < 1.29 is 4.79 Å². The van der Waals surface area contributed by atoms with Crippen LogP contribution < -0.4 is 5.73 Å². The van der Waals surface area contributed by atoms with E-state index in [-0.39, 0.29) is 24.4 Å². The highest BCUT2D eigenvalue weighted by atomic mass is 79.9. The van der Waals surface area contributed by atoms with Crippen LogP contribution in [0.5, 0.6) is 0 Å². The lowest BCUT2D eigenvalue weighted by Gasteiger charge is -2.38. The second-order valence-electron chi connectivity index (χ2n) is 5.00. The number of rotatable bonds is 2. The molecule has 0 radical (unpaired) electrons. The molecule has 3 nitrogen and oxygen atoms in total. The van der Waals surface area contributed by atoms with Gasteiger partial charge in [0, 0.05) is 23.6 Å². The van der Waals surface area contributed by atoms with E-state index >= 15 is 0 Å². The first kappa shape index (κ1) is 16.5. The maximum atomic E-state index is 12.5. The van der Waals surface area contributed by atoms with Gasteiger partial charge >= 0.3 is 0 Å². The van der Waals surface area contributed by atoms with Gasteiger partial charge in [0.2, 0.25) is 0 Å². The summed E-state index contributed by atoms with van der Waals surface area (Å²) in [6.45, 7) is 3.58. The molecule has 1 heterocycles. The summed E-state index contributed by atoms with van der Waals surface area (Å²) in [5.74, 6) is 0.742. The molecule has 2 rings (SSSR count). The SMILES string of the molecule is CC1CCN(C(=O)c2ccccc2Br)C(CN)C1.Cl. The van der Waals surface area contributed by atoms with Crippen molar-refractivity contribution in [3.8, 4) is 0 Å². The smallest absolute Gasteiger partial charge is 0.255 e. The maximum absolute atomic E-state index is 12.5. The van der Waals surface area contributed by atoms with Crippen LogP contribution in [0.2, 0.25) is 0 Å². The third-order valence-corrected chi connectivity index (χ3v) is 4.31. The summed E-state index contributed by atoms with van der Waals surface area (Å²) in [4.78, 5) is 14.5. The number of hydrogen-bond donors (Lipinski definition) is 1. The minimum atomic E-state index is 0. The molecule has 2 atom stereocenters. The van der Waals surface area contributed by atoms with Crippen LogP contribution in [0.1, 0.15) is 30.1 Å². The lowest BCUT2D eigenvalue weighted by atomic mass is 9.92. The van der Waals surface area contributed by atoms with Crippen molar-refractivity contribution >= 4 is 34.2 Å². The number of amides is 1. The lowest BCUT2D eigenvalue weighted by molar-refractivity contribution is 0.0572. The quantitative estimate of drug-likeness (QED) is 0.893. The number of nitrogens with two attached hydrogens (primary N) is 1. The highest BCUT2D eigenvalue weighted by Gasteiger charge is 2.30. The van der Waals surface area contributed by atoms with Crippen LogP contribution in [-0.4, -0.2) is 29.9 Å². The monoisotopic (exact) mass is 346 g/mol. The lowest BCUT2D eigenvalue weighted by Crippen LogP contribution is -2.49. The topological polar surface area (TPSA) is 46.3 Å². The number of likely N-dealkylation sites (tertiary alicyclic amines) is 1. The number of halogens is 2. The van der Waals surface area contributed by atoms with Crippen molar-refractivity contribution in [2.24, 2.45) is 11.7 Å². The second kappa shape index (κ2) is 7.27. The molecule has 1 aromatic rings. The molecular formula is C14H20BrClN2O. The molecule has 1 amide bonds. The zero-order valence-corrected chi connectivity index (χ0v) is 13.4. The highest BCUT2D eigenvalue weighted by molar-refractivity contribution is 9.10. The highest BCUT2D eigenvalue weighted by Crippen LogP contribution is 2.25. The van der Waals surface area contributed by atoms with Gasteiger partial charge in [-0.05, 0) is 46.8 Å². The fraction of sp³-hybridized carbons (Fsp3) is 0.500. The standard InChI is InChI=1S/C14H19BrN2O.ClH/c1-10-6-7-17(11(8-10)9-16)14(18)12-4-2-3-5-13(12)15;/h2-5,10-11H,6-9,16H2,1H3;1H. The zero-order chi connectivity index (χ0) is 13.1. The third kappa shape index (κ3) is 3.71. The van der Waals surface area contributed by atoms with Crippen molar-refractivity contribution in [2.75, 3.05) is 13.1 Å². The largest absolute Gasteiger partial charge is 0.334 e. The third-order valence-electron chi connectivity index (χ3n) is 3.62. The first-order chi connectivity index (χ1) is 8.63. The molecule has 19 heavy (non-hydrogen) atoms. The van der Waals surface area contributed by atoms with Crippen molar-refractivity contribution in [1.29, 1.82) is 0 Å². The predicted octanol–water partition coefficient (Wildman–Crippen LogP) is 3.07. The molecule has 0 saturated carbocycles. The molecule has 5 heteroatoms. The van der Waals surface area contributed by atoms with E-state index in [0.717, 1.165) is 29.4 Å². The number of carbonyl (C=O) groups is 1. The summed E-state index contributed by atoms with van der Waals surface area (Å²) >= 11 is 3.44. The fourth-order valence-corrected chi connectivity index (χ4v) is 2.99. The van der Waals surface area contributed by atoms with Crippen molar-refractivity contribution in [2.45, 2.75) is 25.8 Å². The van der Waals surface area contributed by atoms with Gasteiger partial charge in [0.05, 0.1) is 5.56 Å². The molecule has 0 aliphatic carbocycles. The molecule has 0 aromatic heterocycles. The molecule has 0 spiro atoms. The number of nitrogens with zero attached hydrogens (tertiary/aromatic N) is 1. The molecule has 1 saturated heterocycles. The summed E-state index contributed by atoms with van der Waals surface area (Å²) in [5, 5.41) is 0. The Morgan fingerprint density at radius 2 is 2.16 bits per heavy atom. The van der Waals surface area contributed by atoms with E-state index < -0.39 is 0 Å². The van der Waals surface area contributed by atoms with Gasteiger partial charge < -0.3 is 10.6 Å². The first-order valence-electron chi connectivity index (χ1n) is 6.39. The van der Waals surface area contributed by atoms with Gasteiger partial charge in [-0.25, -0.2) is 0 Å².